The maximum absolute atomic E-state index is 12.8. The van der Waals surface area contributed by atoms with Crippen molar-refractivity contribution in [1.82, 2.24) is 10.2 Å². The number of benzene rings is 1. The molecule has 1 aromatic heterocycles. The van der Waals surface area contributed by atoms with Crippen LogP contribution in [-0.4, -0.2) is 35.7 Å². The van der Waals surface area contributed by atoms with E-state index in [9.17, 15) is 4.79 Å². The average molecular weight is 324 g/mol. The summed E-state index contributed by atoms with van der Waals surface area (Å²) in [6.07, 6.45) is 3.67. The summed E-state index contributed by atoms with van der Waals surface area (Å²) in [7, 11) is 0. The largest absolute Gasteiger partial charge is 0.355 e. The standard InChI is InChI=1S/C19H24N4O/c1-3-23(16-9-7-8-15(2)14-16)19(24)17-10-11-18(21-20-17)22-12-5-4-6-13-22/h7-11,14H,3-6,12-13H2,1-2H3. The number of hydrogen-bond donors (Lipinski definition) is 0. The molecule has 1 saturated heterocycles. The Labute approximate surface area is 143 Å². The molecule has 3 rings (SSSR count). The number of hydrogen-bond acceptors (Lipinski definition) is 4. The number of carbonyl (C=O) groups is 1. The maximum atomic E-state index is 12.8. The minimum atomic E-state index is -0.110. The van der Waals surface area contributed by atoms with Gasteiger partial charge in [0.15, 0.2) is 11.5 Å². The van der Waals surface area contributed by atoms with E-state index in [2.05, 4.69) is 15.1 Å². The van der Waals surface area contributed by atoms with Gasteiger partial charge in [0, 0.05) is 25.3 Å². The molecule has 2 aromatic rings. The Hall–Kier alpha value is -2.43. The van der Waals surface area contributed by atoms with Crippen LogP contribution in [0.5, 0.6) is 0 Å². The zero-order chi connectivity index (χ0) is 16.9. The Morgan fingerprint density at radius 3 is 2.54 bits per heavy atom. The molecular formula is C19H24N4O. The number of rotatable bonds is 4. The minimum absolute atomic E-state index is 0.110. The van der Waals surface area contributed by atoms with E-state index in [0.717, 1.165) is 30.2 Å². The van der Waals surface area contributed by atoms with Gasteiger partial charge >= 0.3 is 0 Å². The predicted molar refractivity (Wildman–Crippen MR) is 96.6 cm³/mol. The summed E-state index contributed by atoms with van der Waals surface area (Å²) < 4.78 is 0. The number of nitrogens with zero attached hydrogens (tertiary/aromatic N) is 4. The number of aryl methyl sites for hydroxylation is 1. The summed E-state index contributed by atoms with van der Waals surface area (Å²) >= 11 is 0. The van der Waals surface area contributed by atoms with Gasteiger partial charge in [-0.25, -0.2) is 0 Å². The van der Waals surface area contributed by atoms with Crippen LogP contribution in [0.15, 0.2) is 36.4 Å². The zero-order valence-corrected chi connectivity index (χ0v) is 14.4. The number of piperidine rings is 1. The van der Waals surface area contributed by atoms with Crippen LogP contribution in [0.2, 0.25) is 0 Å². The molecule has 1 aliphatic heterocycles. The zero-order valence-electron chi connectivity index (χ0n) is 14.4. The third kappa shape index (κ3) is 3.55. The van der Waals surface area contributed by atoms with Crippen molar-refractivity contribution >= 4 is 17.4 Å². The van der Waals surface area contributed by atoms with Crippen molar-refractivity contribution in [3.8, 4) is 0 Å². The fraction of sp³-hybridized carbons (Fsp3) is 0.421. The lowest BCUT2D eigenvalue weighted by molar-refractivity contribution is 0.0982. The summed E-state index contributed by atoms with van der Waals surface area (Å²) in [4.78, 5) is 16.8. The highest BCUT2D eigenvalue weighted by Crippen LogP contribution is 2.20. The summed E-state index contributed by atoms with van der Waals surface area (Å²) in [5.41, 5.74) is 2.41. The molecule has 0 spiro atoms. The predicted octanol–water partition coefficient (Wildman–Crippen LogP) is 3.44. The molecular weight excluding hydrogens is 300 g/mol. The number of carbonyl (C=O) groups excluding carboxylic acids is 1. The van der Waals surface area contributed by atoms with Crippen LogP contribution >= 0.6 is 0 Å². The van der Waals surface area contributed by atoms with Gasteiger partial charge in [-0.3, -0.25) is 4.79 Å². The van der Waals surface area contributed by atoms with Crippen LogP contribution in [0.3, 0.4) is 0 Å². The van der Waals surface area contributed by atoms with Gasteiger partial charge in [-0.15, -0.1) is 10.2 Å². The average Bonchev–Trinajstić information content (AvgIpc) is 2.63. The van der Waals surface area contributed by atoms with Crippen LogP contribution in [0, 0.1) is 6.92 Å². The van der Waals surface area contributed by atoms with E-state index < -0.39 is 0 Å². The van der Waals surface area contributed by atoms with Gasteiger partial charge < -0.3 is 9.80 Å². The summed E-state index contributed by atoms with van der Waals surface area (Å²) in [5.74, 6) is 0.755. The number of aromatic nitrogens is 2. The highest BCUT2D eigenvalue weighted by atomic mass is 16.2. The number of anilines is 2. The normalized spacial score (nSPS) is 14.5. The molecule has 5 nitrogen and oxygen atoms in total. The van der Waals surface area contributed by atoms with E-state index in [1.165, 1.54) is 19.3 Å². The van der Waals surface area contributed by atoms with Crippen LogP contribution in [0.4, 0.5) is 11.5 Å². The first-order chi connectivity index (χ1) is 11.7. The lowest BCUT2D eigenvalue weighted by atomic mass is 10.1. The topological polar surface area (TPSA) is 49.3 Å². The SMILES string of the molecule is CCN(C(=O)c1ccc(N2CCCCC2)nn1)c1cccc(C)c1. The molecule has 0 radical (unpaired) electrons. The Morgan fingerprint density at radius 1 is 1.12 bits per heavy atom. The monoisotopic (exact) mass is 324 g/mol. The lowest BCUT2D eigenvalue weighted by Crippen LogP contribution is -2.33. The molecule has 0 N–H and O–H groups in total. The van der Waals surface area contributed by atoms with E-state index in [-0.39, 0.29) is 5.91 Å². The molecule has 24 heavy (non-hydrogen) atoms. The van der Waals surface area contributed by atoms with Crippen molar-refractivity contribution in [2.24, 2.45) is 0 Å². The Kier molecular flexibility index (Phi) is 5.08. The Bertz CT molecular complexity index is 693. The van der Waals surface area contributed by atoms with Crippen LogP contribution in [0.25, 0.3) is 0 Å². The molecule has 2 heterocycles. The van der Waals surface area contributed by atoms with Crippen molar-refractivity contribution in [2.45, 2.75) is 33.1 Å². The molecule has 0 atom stereocenters. The molecule has 0 bridgehead atoms. The van der Waals surface area contributed by atoms with Crippen LogP contribution < -0.4 is 9.80 Å². The van der Waals surface area contributed by atoms with E-state index in [1.807, 2.05) is 44.2 Å². The highest BCUT2D eigenvalue weighted by molar-refractivity contribution is 6.04. The van der Waals surface area contributed by atoms with Gasteiger partial charge in [-0.1, -0.05) is 12.1 Å². The molecule has 0 unspecified atom stereocenters. The Balaban J connectivity index is 1.78. The summed E-state index contributed by atoms with van der Waals surface area (Å²) in [6.45, 7) is 6.63. The van der Waals surface area contributed by atoms with Gasteiger partial charge in [0.1, 0.15) is 0 Å². The third-order valence-corrected chi connectivity index (χ3v) is 4.42. The second-order valence-corrected chi connectivity index (χ2v) is 6.21. The summed E-state index contributed by atoms with van der Waals surface area (Å²) in [5, 5.41) is 8.47. The first-order valence-electron chi connectivity index (χ1n) is 8.66. The fourth-order valence-corrected chi connectivity index (χ4v) is 3.11. The van der Waals surface area contributed by atoms with Crippen molar-refractivity contribution in [3.63, 3.8) is 0 Å². The van der Waals surface area contributed by atoms with Crippen molar-refractivity contribution < 1.29 is 4.79 Å². The van der Waals surface area contributed by atoms with Crippen molar-refractivity contribution in [1.29, 1.82) is 0 Å². The Morgan fingerprint density at radius 2 is 1.92 bits per heavy atom. The van der Waals surface area contributed by atoms with E-state index in [4.69, 9.17) is 0 Å². The van der Waals surface area contributed by atoms with Gasteiger partial charge in [0.05, 0.1) is 0 Å². The second kappa shape index (κ2) is 7.43. The lowest BCUT2D eigenvalue weighted by Gasteiger charge is -2.27. The van der Waals surface area contributed by atoms with E-state index >= 15 is 0 Å². The molecule has 1 amide bonds. The van der Waals surface area contributed by atoms with Gasteiger partial charge in [-0.05, 0) is 62.9 Å². The molecule has 1 aromatic carbocycles. The minimum Gasteiger partial charge on any atom is -0.355 e. The molecule has 0 aliphatic carbocycles. The quantitative estimate of drug-likeness (QED) is 0.864. The highest BCUT2D eigenvalue weighted by Gasteiger charge is 2.19. The van der Waals surface area contributed by atoms with Crippen LogP contribution in [-0.2, 0) is 0 Å². The second-order valence-electron chi connectivity index (χ2n) is 6.21. The summed E-state index contributed by atoms with van der Waals surface area (Å²) in [6, 6.07) is 11.6. The maximum Gasteiger partial charge on any atom is 0.278 e. The van der Waals surface area contributed by atoms with Gasteiger partial charge in [0.25, 0.3) is 5.91 Å². The van der Waals surface area contributed by atoms with E-state index in [1.54, 1.807) is 11.0 Å². The molecule has 1 fully saturated rings. The number of amides is 1. The van der Waals surface area contributed by atoms with Crippen molar-refractivity contribution in [3.05, 3.63) is 47.7 Å². The molecule has 0 saturated carbocycles. The van der Waals surface area contributed by atoms with E-state index in [0.29, 0.717) is 12.2 Å². The van der Waals surface area contributed by atoms with Gasteiger partial charge in [0.2, 0.25) is 0 Å². The molecule has 126 valence electrons. The molecule has 5 heteroatoms. The first kappa shape index (κ1) is 16.4. The molecule has 1 aliphatic rings. The van der Waals surface area contributed by atoms with Crippen LogP contribution in [0.1, 0.15) is 42.2 Å². The smallest absolute Gasteiger partial charge is 0.278 e. The first-order valence-corrected chi connectivity index (χ1v) is 8.66. The van der Waals surface area contributed by atoms with Gasteiger partial charge in [-0.2, -0.15) is 0 Å². The third-order valence-electron chi connectivity index (χ3n) is 4.42. The fourth-order valence-electron chi connectivity index (χ4n) is 3.11. The van der Waals surface area contributed by atoms with Crippen molar-refractivity contribution in [2.75, 3.05) is 29.4 Å².